The van der Waals surface area contributed by atoms with E-state index in [9.17, 15) is 9.59 Å². The molecule has 20 heavy (non-hydrogen) atoms. The van der Waals surface area contributed by atoms with Crippen LogP contribution in [-0.2, 0) is 16.0 Å². The first-order valence-corrected chi connectivity index (χ1v) is 6.75. The van der Waals surface area contributed by atoms with Crippen molar-refractivity contribution in [3.63, 3.8) is 0 Å². The van der Waals surface area contributed by atoms with Gasteiger partial charge in [0.15, 0.2) is 0 Å². The number of hydrogen-bond donors (Lipinski definition) is 2. The summed E-state index contributed by atoms with van der Waals surface area (Å²) in [7, 11) is 1.31. The van der Waals surface area contributed by atoms with Crippen LogP contribution in [0.3, 0.4) is 0 Å². The molecule has 0 aliphatic carbocycles. The minimum Gasteiger partial charge on any atom is -0.467 e. The summed E-state index contributed by atoms with van der Waals surface area (Å²) in [6.45, 7) is 3.89. The number of amides is 2. The molecule has 0 fully saturated rings. The normalized spacial score (nSPS) is 13.2. The Morgan fingerprint density at radius 2 is 1.85 bits per heavy atom. The maximum atomic E-state index is 11.8. The fraction of sp³-hybridized carbons (Fsp3) is 0.467. The maximum absolute atomic E-state index is 11.8. The van der Waals surface area contributed by atoms with E-state index >= 15 is 0 Å². The van der Waals surface area contributed by atoms with Crippen LogP contribution in [-0.4, -0.2) is 31.2 Å². The summed E-state index contributed by atoms with van der Waals surface area (Å²) in [5.41, 5.74) is 0.965. The Labute approximate surface area is 119 Å². The Bertz CT molecular complexity index is 434. The monoisotopic (exact) mass is 278 g/mol. The molecule has 1 unspecified atom stereocenters. The lowest BCUT2D eigenvalue weighted by Gasteiger charge is -2.19. The predicted molar refractivity (Wildman–Crippen MR) is 77.4 cm³/mol. The molecule has 0 bridgehead atoms. The van der Waals surface area contributed by atoms with Crippen LogP contribution in [0.4, 0.5) is 4.79 Å². The number of ether oxygens (including phenoxy) is 1. The first-order valence-electron chi connectivity index (χ1n) is 6.75. The van der Waals surface area contributed by atoms with Gasteiger partial charge in [-0.25, -0.2) is 9.59 Å². The van der Waals surface area contributed by atoms with Crippen molar-refractivity contribution in [2.24, 2.45) is 0 Å². The van der Waals surface area contributed by atoms with E-state index < -0.39 is 12.0 Å². The van der Waals surface area contributed by atoms with Gasteiger partial charge in [0.2, 0.25) is 0 Å². The number of rotatable bonds is 6. The molecular weight excluding hydrogens is 256 g/mol. The van der Waals surface area contributed by atoms with Gasteiger partial charge >= 0.3 is 12.0 Å². The number of urea groups is 1. The zero-order chi connectivity index (χ0) is 15.0. The molecule has 5 nitrogen and oxygen atoms in total. The van der Waals surface area contributed by atoms with E-state index in [1.165, 1.54) is 7.11 Å². The molecule has 1 aromatic rings. The number of carbonyl (C=O) groups is 2. The molecule has 2 amide bonds. The lowest BCUT2D eigenvalue weighted by Crippen LogP contribution is -2.49. The van der Waals surface area contributed by atoms with Crippen LogP contribution < -0.4 is 10.6 Å². The SMILES string of the molecule is CCC(C)NC(=O)N[C@@H](Cc1ccccc1)C(=O)OC. The van der Waals surface area contributed by atoms with Crippen LogP contribution in [0.5, 0.6) is 0 Å². The molecule has 0 saturated carbocycles. The van der Waals surface area contributed by atoms with Crippen LogP contribution in [0.1, 0.15) is 25.8 Å². The Balaban J connectivity index is 2.65. The zero-order valence-corrected chi connectivity index (χ0v) is 12.2. The second kappa shape index (κ2) is 8.19. The van der Waals surface area contributed by atoms with E-state index in [-0.39, 0.29) is 12.1 Å². The Morgan fingerprint density at radius 1 is 1.20 bits per heavy atom. The van der Waals surface area contributed by atoms with Gasteiger partial charge in [-0.3, -0.25) is 0 Å². The molecule has 0 aromatic heterocycles. The molecule has 1 rings (SSSR count). The fourth-order valence-corrected chi connectivity index (χ4v) is 1.71. The molecule has 0 spiro atoms. The number of carbonyl (C=O) groups excluding carboxylic acids is 2. The lowest BCUT2D eigenvalue weighted by molar-refractivity contribution is -0.142. The predicted octanol–water partition coefficient (Wildman–Crippen LogP) is 1.87. The number of esters is 1. The number of benzene rings is 1. The standard InChI is InChI=1S/C15H22N2O3/c1-4-11(2)16-15(19)17-13(14(18)20-3)10-12-8-6-5-7-9-12/h5-9,11,13H,4,10H2,1-3H3,(H2,16,17,19)/t11?,13-/m0/s1. The number of hydrogen-bond acceptors (Lipinski definition) is 3. The highest BCUT2D eigenvalue weighted by molar-refractivity contribution is 5.83. The first-order chi connectivity index (χ1) is 9.56. The quantitative estimate of drug-likeness (QED) is 0.781. The molecule has 110 valence electrons. The summed E-state index contributed by atoms with van der Waals surface area (Å²) in [5, 5.41) is 5.42. The molecule has 0 saturated heterocycles. The van der Waals surface area contributed by atoms with Gasteiger partial charge in [0.25, 0.3) is 0 Å². The van der Waals surface area contributed by atoms with Crippen LogP contribution in [0.2, 0.25) is 0 Å². The third-order valence-electron chi connectivity index (χ3n) is 3.06. The van der Waals surface area contributed by atoms with Crippen molar-refractivity contribution >= 4 is 12.0 Å². The smallest absolute Gasteiger partial charge is 0.328 e. The zero-order valence-electron chi connectivity index (χ0n) is 12.2. The fourth-order valence-electron chi connectivity index (χ4n) is 1.71. The summed E-state index contributed by atoms with van der Waals surface area (Å²) in [6, 6.07) is 8.52. The van der Waals surface area contributed by atoms with Crippen molar-refractivity contribution in [2.75, 3.05) is 7.11 Å². The third-order valence-corrected chi connectivity index (χ3v) is 3.06. The summed E-state index contributed by atoms with van der Waals surface area (Å²) in [5.74, 6) is -0.451. The van der Waals surface area contributed by atoms with Crippen molar-refractivity contribution in [1.29, 1.82) is 0 Å². The molecule has 0 aliphatic rings. The van der Waals surface area contributed by atoms with Crippen LogP contribution in [0, 0.1) is 0 Å². The summed E-state index contributed by atoms with van der Waals surface area (Å²) < 4.78 is 4.74. The summed E-state index contributed by atoms with van der Waals surface area (Å²) in [6.07, 6.45) is 1.23. The van der Waals surface area contributed by atoms with Gasteiger partial charge in [-0.2, -0.15) is 0 Å². The molecular formula is C15H22N2O3. The highest BCUT2D eigenvalue weighted by Crippen LogP contribution is 2.04. The van der Waals surface area contributed by atoms with Gasteiger partial charge in [0, 0.05) is 12.5 Å². The van der Waals surface area contributed by atoms with E-state index in [1.807, 2.05) is 44.2 Å². The topological polar surface area (TPSA) is 67.4 Å². The molecule has 0 heterocycles. The number of methoxy groups -OCH3 is 1. The Hall–Kier alpha value is -2.04. The third kappa shape index (κ3) is 5.30. The van der Waals surface area contributed by atoms with E-state index in [4.69, 9.17) is 4.74 Å². The van der Waals surface area contributed by atoms with Crippen molar-refractivity contribution in [2.45, 2.75) is 38.8 Å². The van der Waals surface area contributed by atoms with Gasteiger partial charge in [-0.05, 0) is 18.9 Å². The molecule has 2 N–H and O–H groups in total. The molecule has 1 aromatic carbocycles. The Morgan fingerprint density at radius 3 is 2.40 bits per heavy atom. The summed E-state index contributed by atoms with van der Waals surface area (Å²) >= 11 is 0. The van der Waals surface area contributed by atoms with Gasteiger partial charge in [0.05, 0.1) is 7.11 Å². The molecule has 2 atom stereocenters. The second-order valence-corrected chi connectivity index (χ2v) is 4.69. The van der Waals surface area contributed by atoms with Crippen LogP contribution in [0.15, 0.2) is 30.3 Å². The van der Waals surface area contributed by atoms with Crippen LogP contribution in [0.25, 0.3) is 0 Å². The average Bonchev–Trinajstić information content (AvgIpc) is 2.46. The first kappa shape index (κ1) is 16.0. The highest BCUT2D eigenvalue weighted by Gasteiger charge is 2.22. The van der Waals surface area contributed by atoms with Crippen molar-refractivity contribution < 1.29 is 14.3 Å². The lowest BCUT2D eigenvalue weighted by atomic mass is 10.1. The minimum atomic E-state index is -0.688. The average molecular weight is 278 g/mol. The minimum absolute atomic E-state index is 0.0602. The van der Waals surface area contributed by atoms with E-state index in [0.29, 0.717) is 6.42 Å². The maximum Gasteiger partial charge on any atom is 0.328 e. The van der Waals surface area contributed by atoms with E-state index in [0.717, 1.165) is 12.0 Å². The van der Waals surface area contributed by atoms with E-state index in [2.05, 4.69) is 10.6 Å². The largest absolute Gasteiger partial charge is 0.467 e. The van der Waals surface area contributed by atoms with Crippen molar-refractivity contribution in [3.05, 3.63) is 35.9 Å². The van der Waals surface area contributed by atoms with Crippen molar-refractivity contribution in [3.8, 4) is 0 Å². The summed E-state index contributed by atoms with van der Waals surface area (Å²) in [4.78, 5) is 23.5. The van der Waals surface area contributed by atoms with Gasteiger partial charge in [0.1, 0.15) is 6.04 Å². The number of nitrogens with one attached hydrogen (secondary N) is 2. The molecule has 0 aliphatic heterocycles. The van der Waals surface area contributed by atoms with Crippen molar-refractivity contribution in [1.82, 2.24) is 10.6 Å². The molecule has 5 heteroatoms. The van der Waals surface area contributed by atoms with Gasteiger partial charge in [-0.1, -0.05) is 37.3 Å². The van der Waals surface area contributed by atoms with Crippen LogP contribution >= 0.6 is 0 Å². The van der Waals surface area contributed by atoms with Gasteiger partial charge in [-0.15, -0.1) is 0 Å². The second-order valence-electron chi connectivity index (χ2n) is 4.69. The molecule has 0 radical (unpaired) electrons. The van der Waals surface area contributed by atoms with Gasteiger partial charge < -0.3 is 15.4 Å². The highest BCUT2D eigenvalue weighted by atomic mass is 16.5. The van der Waals surface area contributed by atoms with E-state index in [1.54, 1.807) is 0 Å². The Kier molecular flexibility index (Phi) is 6.56.